The van der Waals surface area contributed by atoms with Gasteiger partial charge >= 0.3 is 0 Å². The zero-order chi connectivity index (χ0) is 27.7. The van der Waals surface area contributed by atoms with Gasteiger partial charge in [0.15, 0.2) is 11.6 Å². The first-order valence-corrected chi connectivity index (χ1v) is 13.7. The third kappa shape index (κ3) is 5.49. The van der Waals surface area contributed by atoms with Gasteiger partial charge in [-0.15, -0.1) is 0 Å². The van der Waals surface area contributed by atoms with E-state index in [-0.39, 0.29) is 23.2 Å². The van der Waals surface area contributed by atoms with Gasteiger partial charge in [-0.1, -0.05) is 19.9 Å². The monoisotopic (exact) mass is 534 g/mol. The number of pyridine rings is 1. The van der Waals surface area contributed by atoms with E-state index in [2.05, 4.69) is 55.0 Å². The lowest BCUT2D eigenvalue weighted by molar-refractivity contribution is 0.0970. The first-order valence-electron chi connectivity index (χ1n) is 13.7. The van der Waals surface area contributed by atoms with Crippen molar-refractivity contribution in [3.05, 3.63) is 59.7 Å². The van der Waals surface area contributed by atoms with E-state index in [4.69, 9.17) is 0 Å². The van der Waals surface area contributed by atoms with E-state index in [9.17, 15) is 8.78 Å². The number of halogens is 2. The van der Waals surface area contributed by atoms with Gasteiger partial charge in [0.2, 0.25) is 5.95 Å². The van der Waals surface area contributed by atoms with Crippen molar-refractivity contribution in [3.63, 3.8) is 0 Å². The number of aromatic nitrogens is 5. The average Bonchev–Trinajstić information content (AvgIpc) is 3.28. The van der Waals surface area contributed by atoms with Crippen LogP contribution in [0.2, 0.25) is 0 Å². The Hall–Kier alpha value is -3.50. The minimum absolute atomic E-state index is 0.0105. The normalized spacial score (nSPS) is 15.8. The molecular formula is C29H36F2N8. The van der Waals surface area contributed by atoms with Gasteiger partial charge in [-0.3, -0.25) is 4.90 Å². The maximum absolute atomic E-state index is 15.0. The predicted octanol–water partition coefficient (Wildman–Crippen LogP) is 5.89. The fourth-order valence-corrected chi connectivity index (χ4v) is 5.57. The molecule has 8 nitrogen and oxygen atoms in total. The van der Waals surface area contributed by atoms with Crippen molar-refractivity contribution in [1.82, 2.24) is 34.3 Å². The van der Waals surface area contributed by atoms with Crippen LogP contribution in [0.4, 0.5) is 20.5 Å². The van der Waals surface area contributed by atoms with Crippen LogP contribution in [0.5, 0.6) is 0 Å². The average molecular weight is 535 g/mol. The van der Waals surface area contributed by atoms with Crippen molar-refractivity contribution < 1.29 is 8.78 Å². The van der Waals surface area contributed by atoms with E-state index in [1.54, 1.807) is 6.07 Å². The molecule has 10 heteroatoms. The summed E-state index contributed by atoms with van der Waals surface area (Å²) in [6, 6.07) is 7.34. The maximum Gasteiger partial charge on any atom is 0.229 e. The van der Waals surface area contributed by atoms with Crippen LogP contribution in [0.3, 0.4) is 0 Å². The largest absolute Gasteiger partial charge is 0.326 e. The summed E-state index contributed by atoms with van der Waals surface area (Å²) in [5.74, 6) is 0.283. The van der Waals surface area contributed by atoms with Crippen LogP contribution in [0.15, 0.2) is 36.7 Å². The number of hydrogen-bond donors (Lipinski definition) is 1. The molecule has 4 aromatic rings. The molecular weight excluding hydrogens is 498 g/mol. The third-order valence-electron chi connectivity index (χ3n) is 7.55. The van der Waals surface area contributed by atoms with Crippen LogP contribution >= 0.6 is 0 Å². The lowest BCUT2D eigenvalue weighted by Crippen LogP contribution is -2.47. The van der Waals surface area contributed by atoms with E-state index in [1.165, 1.54) is 6.07 Å². The first kappa shape index (κ1) is 27.1. The van der Waals surface area contributed by atoms with Gasteiger partial charge in [0.25, 0.3) is 0 Å². The summed E-state index contributed by atoms with van der Waals surface area (Å²) in [7, 11) is 0. The molecule has 0 spiro atoms. The summed E-state index contributed by atoms with van der Waals surface area (Å²) in [6.45, 7) is 15.6. The van der Waals surface area contributed by atoms with Crippen LogP contribution < -0.4 is 5.32 Å². The molecule has 0 bridgehead atoms. The van der Waals surface area contributed by atoms with Crippen molar-refractivity contribution in [2.75, 3.05) is 38.0 Å². The van der Waals surface area contributed by atoms with Crippen LogP contribution in [0, 0.1) is 18.6 Å². The number of nitrogens with one attached hydrogen (secondary N) is 1. The minimum atomic E-state index is -0.635. The molecule has 1 aliphatic rings. The number of benzene rings is 1. The summed E-state index contributed by atoms with van der Waals surface area (Å²) < 4.78 is 31.8. The number of likely N-dealkylation sites (N-methyl/N-ethyl adjacent to an activating group) is 1. The van der Waals surface area contributed by atoms with E-state index >= 15 is 0 Å². The second-order valence-electron chi connectivity index (χ2n) is 10.3. The SMILES string of the molecule is CC[C@@H](c1ccc(Nc2ncc(F)c(-c3cc(F)c4nc(C)n(C(C)C)c4c3)n2)nc1)N1CCN(CC)CC1. The molecule has 0 unspecified atom stereocenters. The molecule has 0 aliphatic carbocycles. The van der Waals surface area contributed by atoms with Crippen molar-refractivity contribution >= 4 is 22.8 Å². The third-order valence-corrected chi connectivity index (χ3v) is 7.55. The molecule has 5 rings (SSSR count). The number of piperazine rings is 1. The fourth-order valence-electron chi connectivity index (χ4n) is 5.57. The highest BCUT2D eigenvalue weighted by Crippen LogP contribution is 2.31. The van der Waals surface area contributed by atoms with Gasteiger partial charge < -0.3 is 14.8 Å². The van der Waals surface area contributed by atoms with Crippen LogP contribution in [0.1, 0.15) is 57.6 Å². The number of rotatable bonds is 8. The minimum Gasteiger partial charge on any atom is -0.326 e. The summed E-state index contributed by atoms with van der Waals surface area (Å²) in [6.07, 6.45) is 3.97. The number of anilines is 2. The zero-order valence-electron chi connectivity index (χ0n) is 23.2. The molecule has 0 saturated carbocycles. The van der Waals surface area contributed by atoms with E-state index in [0.29, 0.717) is 28.8 Å². The quantitative estimate of drug-likeness (QED) is 0.302. The van der Waals surface area contributed by atoms with Crippen LogP contribution in [0.25, 0.3) is 22.3 Å². The molecule has 3 aromatic heterocycles. The molecule has 1 aliphatic heterocycles. The van der Waals surface area contributed by atoms with Crippen LogP contribution in [-0.2, 0) is 0 Å². The van der Waals surface area contributed by atoms with E-state index in [0.717, 1.165) is 50.9 Å². The van der Waals surface area contributed by atoms with Crippen LogP contribution in [-0.4, -0.2) is 67.0 Å². The van der Waals surface area contributed by atoms with Crippen molar-refractivity contribution in [2.45, 2.75) is 53.1 Å². The Labute approximate surface area is 228 Å². The molecule has 1 atom stereocenters. The fraction of sp³-hybridized carbons (Fsp3) is 0.448. The Morgan fingerprint density at radius 2 is 1.72 bits per heavy atom. The Kier molecular flexibility index (Phi) is 7.86. The predicted molar refractivity (Wildman–Crippen MR) is 150 cm³/mol. The second kappa shape index (κ2) is 11.3. The highest BCUT2D eigenvalue weighted by Gasteiger charge is 2.24. The summed E-state index contributed by atoms with van der Waals surface area (Å²) in [4.78, 5) is 22.4. The molecule has 1 N–H and O–H groups in total. The highest BCUT2D eigenvalue weighted by atomic mass is 19.1. The van der Waals surface area contributed by atoms with Crippen molar-refractivity contribution in [1.29, 1.82) is 0 Å². The second-order valence-corrected chi connectivity index (χ2v) is 10.3. The van der Waals surface area contributed by atoms with Gasteiger partial charge in [-0.05, 0) is 57.5 Å². The number of nitrogens with zero attached hydrogens (tertiary/aromatic N) is 7. The Morgan fingerprint density at radius 1 is 0.949 bits per heavy atom. The molecule has 1 saturated heterocycles. The molecule has 206 valence electrons. The Bertz CT molecular complexity index is 1440. The lowest BCUT2D eigenvalue weighted by Gasteiger charge is -2.38. The van der Waals surface area contributed by atoms with Crippen molar-refractivity contribution in [2.24, 2.45) is 0 Å². The topological polar surface area (TPSA) is 75.0 Å². The van der Waals surface area contributed by atoms with Gasteiger partial charge in [-0.2, -0.15) is 0 Å². The Balaban J connectivity index is 1.38. The van der Waals surface area contributed by atoms with E-state index in [1.807, 2.05) is 37.6 Å². The number of imidazole rings is 1. The highest BCUT2D eigenvalue weighted by molar-refractivity contribution is 5.83. The number of fused-ring (bicyclic) bond motifs is 1. The number of hydrogen-bond acceptors (Lipinski definition) is 7. The van der Waals surface area contributed by atoms with Gasteiger partial charge in [0, 0.05) is 50.0 Å². The Morgan fingerprint density at radius 3 is 2.36 bits per heavy atom. The molecule has 1 fully saturated rings. The van der Waals surface area contributed by atoms with E-state index < -0.39 is 11.6 Å². The number of aryl methyl sites for hydroxylation is 1. The smallest absolute Gasteiger partial charge is 0.229 e. The summed E-state index contributed by atoms with van der Waals surface area (Å²) in [5, 5.41) is 3.07. The molecule has 0 amide bonds. The standard InChI is InChI=1S/C29H36F2N8/c1-6-24(38-12-10-37(7-2)11-13-38)20-8-9-26(32-16-20)35-29-33-17-23(31)27(36-29)21-14-22(30)28-25(15-21)39(18(3)4)19(5)34-28/h8-9,14-18,24H,6-7,10-13H2,1-5H3,(H,32,33,35,36)/t24-/m0/s1. The molecule has 39 heavy (non-hydrogen) atoms. The maximum atomic E-state index is 15.0. The zero-order valence-corrected chi connectivity index (χ0v) is 23.2. The molecule has 1 aromatic carbocycles. The lowest BCUT2D eigenvalue weighted by atomic mass is 10.0. The van der Waals surface area contributed by atoms with Gasteiger partial charge in [0.05, 0.1) is 11.7 Å². The molecule has 4 heterocycles. The van der Waals surface area contributed by atoms with Gasteiger partial charge in [0.1, 0.15) is 22.9 Å². The van der Waals surface area contributed by atoms with Crippen molar-refractivity contribution in [3.8, 4) is 11.3 Å². The summed E-state index contributed by atoms with van der Waals surface area (Å²) in [5.41, 5.74) is 2.36. The summed E-state index contributed by atoms with van der Waals surface area (Å²) >= 11 is 0. The first-order chi connectivity index (χ1) is 18.8. The molecule has 0 radical (unpaired) electrons. The van der Waals surface area contributed by atoms with Gasteiger partial charge in [-0.25, -0.2) is 28.7 Å².